The highest BCUT2D eigenvalue weighted by atomic mass is 16.2. The summed E-state index contributed by atoms with van der Waals surface area (Å²) in [4.78, 5) is 37.7. The summed E-state index contributed by atoms with van der Waals surface area (Å²) >= 11 is 0. The largest absolute Gasteiger partial charge is 0.354 e. The molecular formula is C21H32N4O3. The van der Waals surface area contributed by atoms with Gasteiger partial charge in [-0.25, -0.2) is 0 Å². The molecule has 1 aliphatic heterocycles. The quantitative estimate of drug-likeness (QED) is 0.666. The van der Waals surface area contributed by atoms with Gasteiger partial charge in [0.1, 0.15) is 11.7 Å². The van der Waals surface area contributed by atoms with Crippen molar-refractivity contribution in [3.05, 3.63) is 28.2 Å². The summed E-state index contributed by atoms with van der Waals surface area (Å²) in [5.41, 5.74) is 0.758. The van der Waals surface area contributed by atoms with Gasteiger partial charge < -0.3 is 16.0 Å². The number of hydrogen-bond acceptors (Lipinski definition) is 4. The second kappa shape index (κ2) is 9.37. The van der Waals surface area contributed by atoms with Gasteiger partial charge in [-0.3, -0.25) is 19.0 Å². The fraction of sp³-hybridized carbons (Fsp3) is 0.667. The Labute approximate surface area is 166 Å². The van der Waals surface area contributed by atoms with Crippen molar-refractivity contribution in [1.82, 2.24) is 15.2 Å². The van der Waals surface area contributed by atoms with Gasteiger partial charge in [0.25, 0.3) is 5.56 Å². The molecule has 0 bridgehead atoms. The molecule has 0 spiro atoms. The Morgan fingerprint density at radius 3 is 2.64 bits per heavy atom. The average molecular weight is 389 g/mol. The van der Waals surface area contributed by atoms with E-state index in [2.05, 4.69) is 16.0 Å². The molecule has 2 amide bonds. The van der Waals surface area contributed by atoms with E-state index in [-0.39, 0.29) is 23.1 Å². The second-order valence-electron chi connectivity index (χ2n) is 8.05. The Balaban J connectivity index is 1.64. The van der Waals surface area contributed by atoms with E-state index in [9.17, 15) is 14.4 Å². The van der Waals surface area contributed by atoms with Crippen LogP contribution >= 0.6 is 0 Å². The SMILES string of the molecule is CN[C@@H](C)C(=O)Nc1ccc2n(c1=O)[C@H](C(=O)NCCC1CCCCC1)CC2. The number of fused-ring (bicyclic) bond motifs is 1. The molecular weight excluding hydrogens is 356 g/mol. The van der Waals surface area contributed by atoms with E-state index < -0.39 is 12.1 Å². The lowest BCUT2D eigenvalue weighted by atomic mass is 9.87. The average Bonchev–Trinajstić information content (AvgIpc) is 3.15. The van der Waals surface area contributed by atoms with Crippen LogP contribution in [0.2, 0.25) is 0 Å². The van der Waals surface area contributed by atoms with Crippen LogP contribution in [0.25, 0.3) is 0 Å². The number of likely N-dealkylation sites (N-methyl/N-ethyl adjacent to an activating group) is 1. The van der Waals surface area contributed by atoms with Crippen molar-refractivity contribution in [2.75, 3.05) is 18.9 Å². The van der Waals surface area contributed by atoms with Crippen molar-refractivity contribution >= 4 is 17.5 Å². The summed E-state index contributed by atoms with van der Waals surface area (Å²) in [6.45, 7) is 2.39. The van der Waals surface area contributed by atoms with E-state index in [1.54, 1.807) is 24.6 Å². The minimum atomic E-state index is -0.493. The van der Waals surface area contributed by atoms with Crippen molar-refractivity contribution in [2.24, 2.45) is 5.92 Å². The number of carbonyl (C=O) groups excluding carboxylic acids is 2. The number of amides is 2. The highest BCUT2D eigenvalue weighted by Crippen LogP contribution is 2.27. The molecule has 0 saturated heterocycles. The third-order valence-electron chi connectivity index (χ3n) is 6.15. The Morgan fingerprint density at radius 1 is 1.18 bits per heavy atom. The molecule has 0 unspecified atom stereocenters. The summed E-state index contributed by atoms with van der Waals surface area (Å²) in [6.07, 6.45) is 8.77. The molecule has 0 aromatic carbocycles. The van der Waals surface area contributed by atoms with E-state index in [4.69, 9.17) is 0 Å². The highest BCUT2D eigenvalue weighted by molar-refractivity contribution is 5.94. The van der Waals surface area contributed by atoms with Crippen LogP contribution in [0.5, 0.6) is 0 Å². The number of anilines is 1. The maximum Gasteiger partial charge on any atom is 0.275 e. The molecule has 1 aliphatic carbocycles. The van der Waals surface area contributed by atoms with Gasteiger partial charge in [0.15, 0.2) is 0 Å². The van der Waals surface area contributed by atoms with Crippen molar-refractivity contribution in [3.63, 3.8) is 0 Å². The minimum Gasteiger partial charge on any atom is -0.354 e. The van der Waals surface area contributed by atoms with Crippen molar-refractivity contribution in [1.29, 1.82) is 0 Å². The Morgan fingerprint density at radius 2 is 1.93 bits per heavy atom. The van der Waals surface area contributed by atoms with Crippen molar-refractivity contribution in [2.45, 2.75) is 70.4 Å². The minimum absolute atomic E-state index is 0.0938. The maximum atomic E-state index is 12.9. The number of nitrogens with one attached hydrogen (secondary N) is 3. The second-order valence-corrected chi connectivity index (χ2v) is 8.05. The van der Waals surface area contributed by atoms with Crippen LogP contribution in [0, 0.1) is 5.92 Å². The summed E-state index contributed by atoms with van der Waals surface area (Å²) in [6, 6.07) is 2.57. The molecule has 2 atom stereocenters. The summed E-state index contributed by atoms with van der Waals surface area (Å²) in [7, 11) is 1.69. The van der Waals surface area contributed by atoms with E-state index in [1.165, 1.54) is 32.1 Å². The molecule has 7 heteroatoms. The van der Waals surface area contributed by atoms with Gasteiger partial charge in [0.2, 0.25) is 11.8 Å². The molecule has 1 aromatic rings. The predicted octanol–water partition coefficient (Wildman–Crippen LogP) is 1.97. The zero-order valence-corrected chi connectivity index (χ0v) is 16.9. The maximum absolute atomic E-state index is 12.9. The van der Waals surface area contributed by atoms with Gasteiger partial charge in [-0.1, -0.05) is 32.1 Å². The molecule has 7 nitrogen and oxygen atoms in total. The first-order valence-corrected chi connectivity index (χ1v) is 10.5. The highest BCUT2D eigenvalue weighted by Gasteiger charge is 2.30. The van der Waals surface area contributed by atoms with Crippen molar-refractivity contribution in [3.8, 4) is 0 Å². The van der Waals surface area contributed by atoms with E-state index in [0.717, 1.165) is 12.1 Å². The first-order chi connectivity index (χ1) is 13.5. The number of nitrogens with zero attached hydrogens (tertiary/aromatic N) is 1. The number of pyridine rings is 1. The van der Waals surface area contributed by atoms with E-state index in [1.807, 2.05) is 6.07 Å². The van der Waals surface area contributed by atoms with Gasteiger partial charge >= 0.3 is 0 Å². The Hall–Kier alpha value is -2.15. The van der Waals surface area contributed by atoms with Crippen LogP contribution in [0.4, 0.5) is 5.69 Å². The fourth-order valence-electron chi connectivity index (χ4n) is 4.26. The van der Waals surface area contributed by atoms with Crippen LogP contribution in [-0.4, -0.2) is 36.0 Å². The lowest BCUT2D eigenvalue weighted by Crippen LogP contribution is -2.39. The summed E-state index contributed by atoms with van der Waals surface area (Å²) in [5, 5.41) is 8.55. The molecule has 2 heterocycles. The molecule has 2 aliphatic rings. The smallest absolute Gasteiger partial charge is 0.275 e. The van der Waals surface area contributed by atoms with Gasteiger partial charge in [0.05, 0.1) is 6.04 Å². The third-order valence-corrected chi connectivity index (χ3v) is 6.15. The number of aromatic nitrogens is 1. The number of hydrogen-bond donors (Lipinski definition) is 3. The molecule has 3 rings (SSSR count). The summed E-state index contributed by atoms with van der Waals surface area (Å²) < 4.78 is 1.55. The standard InChI is InChI=1S/C21H32N4O3/c1-14(22-2)19(26)24-17-10-8-16-9-11-18(25(16)21(17)28)20(27)23-13-12-15-6-4-3-5-7-15/h8,10,14-15,18,22H,3-7,9,11-13H2,1-2H3,(H,23,27)(H,24,26)/t14-,18-/m0/s1. The molecule has 0 radical (unpaired) electrons. The molecule has 1 aromatic heterocycles. The summed E-state index contributed by atoms with van der Waals surface area (Å²) in [5.74, 6) is 0.346. The Kier molecular flexibility index (Phi) is 6.88. The van der Waals surface area contributed by atoms with Gasteiger partial charge in [-0.05, 0) is 51.3 Å². The van der Waals surface area contributed by atoms with Gasteiger partial charge in [-0.2, -0.15) is 0 Å². The Bertz CT molecular complexity index is 767. The van der Waals surface area contributed by atoms with E-state index >= 15 is 0 Å². The lowest BCUT2D eigenvalue weighted by Gasteiger charge is -2.22. The van der Waals surface area contributed by atoms with Crippen LogP contribution in [0.3, 0.4) is 0 Å². The zero-order chi connectivity index (χ0) is 20.1. The van der Waals surface area contributed by atoms with E-state index in [0.29, 0.717) is 25.3 Å². The molecule has 3 N–H and O–H groups in total. The number of aryl methyl sites for hydroxylation is 1. The first kappa shape index (κ1) is 20.6. The zero-order valence-electron chi connectivity index (χ0n) is 16.9. The monoisotopic (exact) mass is 388 g/mol. The number of carbonyl (C=O) groups is 2. The van der Waals surface area contributed by atoms with Gasteiger partial charge in [0, 0.05) is 12.2 Å². The van der Waals surface area contributed by atoms with Crippen molar-refractivity contribution < 1.29 is 9.59 Å². The lowest BCUT2D eigenvalue weighted by molar-refractivity contribution is -0.124. The predicted molar refractivity (Wildman–Crippen MR) is 109 cm³/mol. The molecule has 1 saturated carbocycles. The van der Waals surface area contributed by atoms with Crippen LogP contribution in [0.15, 0.2) is 16.9 Å². The topological polar surface area (TPSA) is 92.2 Å². The number of rotatable bonds is 7. The van der Waals surface area contributed by atoms with Gasteiger partial charge in [-0.15, -0.1) is 0 Å². The first-order valence-electron chi connectivity index (χ1n) is 10.5. The van der Waals surface area contributed by atoms with Crippen LogP contribution < -0.4 is 21.5 Å². The fourth-order valence-corrected chi connectivity index (χ4v) is 4.26. The third kappa shape index (κ3) is 4.63. The van der Waals surface area contributed by atoms with Crippen LogP contribution in [0.1, 0.15) is 63.6 Å². The normalized spacial score (nSPS) is 20.4. The molecule has 1 fully saturated rings. The molecule has 154 valence electrons. The molecule has 28 heavy (non-hydrogen) atoms. The van der Waals surface area contributed by atoms with Crippen LogP contribution in [-0.2, 0) is 16.0 Å².